The van der Waals surface area contributed by atoms with E-state index >= 15 is 0 Å². The normalized spacial score (nSPS) is 10.5. The van der Waals surface area contributed by atoms with Gasteiger partial charge >= 0.3 is 5.51 Å². The van der Waals surface area contributed by atoms with Gasteiger partial charge in [0, 0.05) is 25.8 Å². The van der Waals surface area contributed by atoms with Crippen molar-refractivity contribution in [3.05, 3.63) is 15.3 Å². The van der Waals surface area contributed by atoms with Crippen molar-refractivity contribution in [3.8, 4) is 0 Å². The van der Waals surface area contributed by atoms with E-state index in [9.17, 15) is 13.2 Å². The molecule has 77 valence electrons. The van der Waals surface area contributed by atoms with Crippen LogP contribution in [0.15, 0.2) is 0 Å². The number of halogens is 3. The minimum absolute atomic E-state index is 0. The molecule has 0 aliphatic carbocycles. The van der Waals surface area contributed by atoms with Crippen molar-refractivity contribution in [2.75, 3.05) is 0 Å². The third-order valence-electron chi connectivity index (χ3n) is 0.283. The molecule has 0 rings (SSSR count). The van der Waals surface area contributed by atoms with E-state index in [0.717, 1.165) is 0 Å². The number of hydrogen-bond acceptors (Lipinski definition) is 6. The average molecular weight is 256 g/mol. The van der Waals surface area contributed by atoms with Gasteiger partial charge in [0.15, 0.2) is 10.1 Å². The first kappa shape index (κ1) is 18.5. The predicted molar refractivity (Wildman–Crippen MR) is 26.1 cm³/mol. The van der Waals surface area contributed by atoms with Crippen LogP contribution in [0.2, 0.25) is 0 Å². The predicted octanol–water partition coefficient (Wildman–Crippen LogP) is -0.190. The molecule has 0 spiro atoms. The van der Waals surface area contributed by atoms with Gasteiger partial charge in [-0.2, -0.15) is 13.2 Å². The first-order valence-corrected chi connectivity index (χ1v) is 3.23. The van der Waals surface area contributed by atoms with Crippen molar-refractivity contribution in [2.24, 2.45) is 0 Å². The summed E-state index contributed by atoms with van der Waals surface area (Å²) in [5.74, 6) is 0. The Morgan fingerprint density at radius 3 is 1.23 bits per heavy atom. The Kier molecular flexibility index (Phi) is 8.92. The summed E-state index contributed by atoms with van der Waals surface area (Å²) < 4.78 is 58.9. The fourth-order valence-corrected chi connectivity index (χ4v) is 0. The summed E-state index contributed by atoms with van der Waals surface area (Å²) in [5.41, 5.74) is -5.65. The zero-order valence-corrected chi connectivity index (χ0v) is 8.14. The molecule has 13 heavy (non-hydrogen) atoms. The van der Waals surface area contributed by atoms with Gasteiger partial charge in [-0.15, -0.1) is 0 Å². The molecule has 7 nitrogen and oxygen atoms in total. The van der Waals surface area contributed by atoms with Gasteiger partial charge in [0.1, 0.15) is 0 Å². The molecule has 0 bridgehead atoms. The smallest absolute Gasteiger partial charge is 0.485 e. The molecule has 0 aromatic rings. The van der Waals surface area contributed by atoms with Crippen molar-refractivity contribution in [1.29, 1.82) is 0 Å². The van der Waals surface area contributed by atoms with Gasteiger partial charge in [-0.25, -0.2) is 8.42 Å². The van der Waals surface area contributed by atoms with Crippen molar-refractivity contribution < 1.29 is 57.1 Å². The second-order valence-corrected chi connectivity index (χ2v) is 2.49. The van der Waals surface area contributed by atoms with E-state index in [-0.39, 0.29) is 25.8 Å². The molecule has 0 aliphatic rings. The monoisotopic (exact) mass is 256 g/mol. The molecule has 0 N–H and O–H groups in total. The summed E-state index contributed by atoms with van der Waals surface area (Å²) in [4.78, 5) is 8.25. The molecule has 0 aliphatic heterocycles. The summed E-state index contributed by atoms with van der Waals surface area (Å²) in [7, 11) is -6.09. The van der Waals surface area contributed by atoms with Crippen LogP contribution in [0, 0.1) is 15.3 Å². The zero-order chi connectivity index (χ0) is 10.6. The Hall–Kier alpha value is -0.230. The fraction of sp³-hybridized carbons (Fsp3) is 1.00. The number of rotatable bonds is 0. The molecule has 0 saturated heterocycles. The third kappa shape index (κ3) is 14.6. The van der Waals surface area contributed by atoms with E-state index in [0.29, 0.717) is 0 Å². The van der Waals surface area contributed by atoms with E-state index in [1.807, 2.05) is 0 Å². The minimum Gasteiger partial charge on any atom is -0.741 e. The summed E-state index contributed by atoms with van der Waals surface area (Å²) in [6.07, 6.45) is 0. The Bertz CT molecular complexity index is 241. The summed E-state index contributed by atoms with van der Waals surface area (Å²) in [6, 6.07) is 0. The van der Waals surface area contributed by atoms with Crippen molar-refractivity contribution in [2.45, 2.75) is 5.51 Å². The van der Waals surface area contributed by atoms with Crippen molar-refractivity contribution in [1.82, 2.24) is 0 Å². The van der Waals surface area contributed by atoms with Gasteiger partial charge in [-0.1, -0.05) is 0 Å². The van der Waals surface area contributed by atoms with Gasteiger partial charge in [0.25, 0.3) is 0 Å². The molecule has 0 unspecified atom stereocenters. The van der Waals surface area contributed by atoms with Crippen LogP contribution >= 0.6 is 0 Å². The standard InChI is InChI=1S/CHF3O3S.NO3.Sc/c2-1(3,4)8(5,6)7;2-1(3)4;/h(H,5,6,7);;/q;-1;/p-1. The maximum atomic E-state index is 10.7. The molecule has 0 aromatic carbocycles. The van der Waals surface area contributed by atoms with E-state index < -0.39 is 20.7 Å². The van der Waals surface area contributed by atoms with Crippen LogP contribution in [0.3, 0.4) is 0 Å². The van der Waals surface area contributed by atoms with Crippen LogP contribution in [0.25, 0.3) is 0 Å². The SMILES string of the molecule is O=S(=O)([O-])C(F)(F)F.O=[N+]([O-])[O-].[Sc]. The van der Waals surface area contributed by atoms with E-state index in [1.54, 1.807) is 0 Å². The van der Waals surface area contributed by atoms with Crippen LogP contribution in [-0.4, -0.2) is 23.6 Å². The molecule has 0 saturated carbocycles. The zero-order valence-electron chi connectivity index (χ0n) is 5.52. The Balaban J connectivity index is -0.000000173. The van der Waals surface area contributed by atoms with E-state index in [4.69, 9.17) is 28.3 Å². The molecular weight excluding hydrogens is 256 g/mol. The molecule has 1 radical (unpaired) electrons. The van der Waals surface area contributed by atoms with Crippen molar-refractivity contribution in [3.63, 3.8) is 0 Å². The number of alkyl halides is 3. The first-order valence-electron chi connectivity index (χ1n) is 1.82. The Morgan fingerprint density at radius 1 is 1.15 bits per heavy atom. The third-order valence-corrected chi connectivity index (χ3v) is 0.850. The van der Waals surface area contributed by atoms with Crippen LogP contribution in [0.1, 0.15) is 0 Å². The largest absolute Gasteiger partial charge is 0.741 e. The van der Waals surface area contributed by atoms with Gasteiger partial charge in [0.05, 0.1) is 5.09 Å². The van der Waals surface area contributed by atoms with Crippen LogP contribution < -0.4 is 0 Å². The minimum atomic E-state index is -6.09. The molecule has 0 amide bonds. The van der Waals surface area contributed by atoms with E-state index in [1.165, 1.54) is 0 Å². The second-order valence-electron chi connectivity index (χ2n) is 1.12. The summed E-state index contributed by atoms with van der Waals surface area (Å²) >= 11 is 0. The number of hydrogen-bond donors (Lipinski definition) is 0. The molecule has 0 aromatic heterocycles. The molecule has 0 atom stereocenters. The van der Waals surface area contributed by atoms with Crippen LogP contribution in [0.4, 0.5) is 13.2 Å². The quantitative estimate of drug-likeness (QED) is 0.256. The molecule has 0 heterocycles. The Morgan fingerprint density at radius 2 is 1.23 bits per heavy atom. The average Bonchev–Trinajstić information content (AvgIpc) is 1.55. The van der Waals surface area contributed by atoms with Crippen molar-refractivity contribution >= 4 is 10.1 Å². The summed E-state index contributed by atoms with van der Waals surface area (Å²) in [5, 5.41) is 14.8. The van der Waals surface area contributed by atoms with Gasteiger partial charge in [0.2, 0.25) is 0 Å². The fourth-order valence-electron chi connectivity index (χ4n) is 0. The maximum Gasteiger partial charge on any atom is 0.485 e. The molecular formula is CF3NO6SSc-2. The van der Waals surface area contributed by atoms with Crippen LogP contribution in [0.5, 0.6) is 0 Å². The summed E-state index contributed by atoms with van der Waals surface area (Å²) in [6.45, 7) is 0. The topological polar surface area (TPSA) is 123 Å². The van der Waals surface area contributed by atoms with Gasteiger partial charge in [-0.3, -0.25) is 0 Å². The van der Waals surface area contributed by atoms with Crippen LogP contribution in [-0.2, 0) is 36.0 Å². The number of nitrogens with zero attached hydrogens (tertiary/aromatic N) is 1. The van der Waals surface area contributed by atoms with Gasteiger partial charge in [-0.05, 0) is 0 Å². The second kappa shape index (κ2) is 6.26. The van der Waals surface area contributed by atoms with E-state index in [2.05, 4.69) is 0 Å². The molecule has 0 fully saturated rings. The Labute approximate surface area is 88.2 Å². The van der Waals surface area contributed by atoms with Gasteiger partial charge < -0.3 is 19.9 Å². The maximum absolute atomic E-state index is 10.7. The molecule has 12 heteroatoms. The first-order chi connectivity index (χ1) is 4.98.